The summed E-state index contributed by atoms with van der Waals surface area (Å²) in [5.41, 5.74) is 2.62. The number of hydrogen-bond acceptors (Lipinski definition) is 2. The highest BCUT2D eigenvalue weighted by Gasteiger charge is 2.06. The molecule has 98 valence electrons. The molecule has 19 heavy (non-hydrogen) atoms. The summed E-state index contributed by atoms with van der Waals surface area (Å²) in [7, 11) is 0. The van der Waals surface area contributed by atoms with Gasteiger partial charge in [-0.15, -0.1) is 0 Å². The van der Waals surface area contributed by atoms with Gasteiger partial charge in [0, 0.05) is 0 Å². The maximum Gasteiger partial charge on any atom is 0.157 e. The number of hydrogen-bond donors (Lipinski definition) is 0. The molecule has 0 aromatic heterocycles. The third-order valence-electron chi connectivity index (χ3n) is 3.15. The SMILES string of the molecule is CC(Cc1ccc(OCC=O)cc1)c1ccccc1. The van der Waals surface area contributed by atoms with Crippen molar-refractivity contribution in [2.45, 2.75) is 19.3 Å². The first-order valence-corrected chi connectivity index (χ1v) is 6.50. The van der Waals surface area contributed by atoms with Crippen LogP contribution in [0.5, 0.6) is 5.75 Å². The fourth-order valence-corrected chi connectivity index (χ4v) is 2.10. The van der Waals surface area contributed by atoms with Gasteiger partial charge in [-0.3, -0.25) is 4.79 Å². The first-order chi connectivity index (χ1) is 9.29. The lowest BCUT2D eigenvalue weighted by Crippen LogP contribution is -2.00. The van der Waals surface area contributed by atoms with Crippen LogP contribution in [0, 0.1) is 0 Å². The maximum atomic E-state index is 10.2. The van der Waals surface area contributed by atoms with Gasteiger partial charge in [0.05, 0.1) is 0 Å². The summed E-state index contributed by atoms with van der Waals surface area (Å²) >= 11 is 0. The second-order valence-electron chi connectivity index (χ2n) is 4.64. The van der Waals surface area contributed by atoms with E-state index in [4.69, 9.17) is 4.74 Å². The van der Waals surface area contributed by atoms with Crippen LogP contribution in [-0.2, 0) is 11.2 Å². The first-order valence-electron chi connectivity index (χ1n) is 6.50. The van der Waals surface area contributed by atoms with Crippen molar-refractivity contribution >= 4 is 6.29 Å². The molecular formula is C17H18O2. The molecule has 0 fully saturated rings. The van der Waals surface area contributed by atoms with Crippen LogP contribution in [0.2, 0.25) is 0 Å². The number of rotatable bonds is 6. The van der Waals surface area contributed by atoms with Crippen LogP contribution >= 0.6 is 0 Å². The molecule has 2 nitrogen and oxygen atoms in total. The molecule has 0 saturated carbocycles. The quantitative estimate of drug-likeness (QED) is 0.736. The highest BCUT2D eigenvalue weighted by molar-refractivity contribution is 5.51. The standard InChI is InChI=1S/C17H18O2/c1-14(16-5-3-2-4-6-16)13-15-7-9-17(10-8-15)19-12-11-18/h2-11,14H,12-13H2,1H3. The molecule has 0 aliphatic carbocycles. The third kappa shape index (κ3) is 3.95. The molecule has 0 spiro atoms. The van der Waals surface area contributed by atoms with E-state index in [1.807, 2.05) is 18.2 Å². The van der Waals surface area contributed by atoms with E-state index in [0.29, 0.717) is 5.92 Å². The monoisotopic (exact) mass is 254 g/mol. The summed E-state index contributed by atoms with van der Waals surface area (Å²) in [6.07, 6.45) is 1.75. The highest BCUT2D eigenvalue weighted by atomic mass is 16.5. The molecule has 2 rings (SSSR count). The second-order valence-corrected chi connectivity index (χ2v) is 4.64. The molecule has 0 radical (unpaired) electrons. The molecule has 1 atom stereocenters. The Morgan fingerprint density at radius 3 is 2.37 bits per heavy atom. The summed E-state index contributed by atoms with van der Waals surface area (Å²) < 4.78 is 5.23. The van der Waals surface area contributed by atoms with Gasteiger partial charge in [0.2, 0.25) is 0 Å². The van der Waals surface area contributed by atoms with Crippen molar-refractivity contribution in [2.24, 2.45) is 0 Å². The number of carbonyl (C=O) groups excluding carboxylic acids is 1. The molecule has 0 heterocycles. The molecular weight excluding hydrogens is 236 g/mol. The molecule has 0 amide bonds. The number of aldehydes is 1. The van der Waals surface area contributed by atoms with Crippen LogP contribution in [0.15, 0.2) is 54.6 Å². The minimum Gasteiger partial charge on any atom is -0.486 e. The van der Waals surface area contributed by atoms with Gasteiger partial charge in [0.1, 0.15) is 12.4 Å². The van der Waals surface area contributed by atoms with Gasteiger partial charge in [-0.05, 0) is 35.6 Å². The van der Waals surface area contributed by atoms with E-state index < -0.39 is 0 Å². The predicted molar refractivity (Wildman–Crippen MR) is 76.6 cm³/mol. The summed E-state index contributed by atoms with van der Waals surface area (Å²) in [5, 5.41) is 0. The van der Waals surface area contributed by atoms with Crippen molar-refractivity contribution in [3.05, 3.63) is 65.7 Å². The van der Waals surface area contributed by atoms with E-state index in [1.54, 1.807) is 0 Å². The summed E-state index contributed by atoms with van der Waals surface area (Å²) in [4.78, 5) is 10.2. The van der Waals surface area contributed by atoms with Gasteiger partial charge in [-0.25, -0.2) is 0 Å². The Morgan fingerprint density at radius 2 is 1.74 bits per heavy atom. The van der Waals surface area contributed by atoms with Gasteiger partial charge in [-0.1, -0.05) is 49.4 Å². The first kappa shape index (κ1) is 13.3. The van der Waals surface area contributed by atoms with E-state index in [2.05, 4.69) is 43.3 Å². The van der Waals surface area contributed by atoms with Crippen LogP contribution in [0.3, 0.4) is 0 Å². The molecule has 2 aromatic rings. The number of carbonyl (C=O) groups is 1. The smallest absolute Gasteiger partial charge is 0.157 e. The van der Waals surface area contributed by atoms with Crippen LogP contribution in [0.25, 0.3) is 0 Å². The highest BCUT2D eigenvalue weighted by Crippen LogP contribution is 2.21. The average Bonchev–Trinajstić information content (AvgIpc) is 2.47. The van der Waals surface area contributed by atoms with Crippen molar-refractivity contribution < 1.29 is 9.53 Å². The molecule has 0 aliphatic rings. The Kier molecular flexibility index (Phi) is 4.73. The molecule has 2 aromatic carbocycles. The Bertz CT molecular complexity index is 503. The Morgan fingerprint density at radius 1 is 1.05 bits per heavy atom. The van der Waals surface area contributed by atoms with Crippen molar-refractivity contribution in [1.29, 1.82) is 0 Å². The van der Waals surface area contributed by atoms with Crippen LogP contribution in [-0.4, -0.2) is 12.9 Å². The van der Waals surface area contributed by atoms with E-state index in [9.17, 15) is 4.79 Å². The van der Waals surface area contributed by atoms with Crippen LogP contribution in [0.1, 0.15) is 24.0 Å². The molecule has 1 unspecified atom stereocenters. The van der Waals surface area contributed by atoms with Crippen molar-refractivity contribution in [1.82, 2.24) is 0 Å². The van der Waals surface area contributed by atoms with Gasteiger partial charge < -0.3 is 4.74 Å². The lowest BCUT2D eigenvalue weighted by atomic mass is 9.94. The lowest BCUT2D eigenvalue weighted by Gasteiger charge is -2.12. The van der Waals surface area contributed by atoms with Gasteiger partial charge in [0.25, 0.3) is 0 Å². The van der Waals surface area contributed by atoms with E-state index >= 15 is 0 Å². The fraction of sp³-hybridized carbons (Fsp3) is 0.235. The van der Waals surface area contributed by atoms with Gasteiger partial charge >= 0.3 is 0 Å². The molecule has 0 bridgehead atoms. The normalized spacial score (nSPS) is 11.8. The number of benzene rings is 2. The lowest BCUT2D eigenvalue weighted by molar-refractivity contribution is -0.109. The van der Waals surface area contributed by atoms with E-state index in [-0.39, 0.29) is 6.61 Å². The molecule has 0 aliphatic heterocycles. The average molecular weight is 254 g/mol. The Hall–Kier alpha value is -2.09. The molecule has 0 N–H and O–H groups in total. The largest absolute Gasteiger partial charge is 0.486 e. The minimum atomic E-state index is 0.111. The number of ether oxygens (including phenoxy) is 1. The minimum absolute atomic E-state index is 0.111. The van der Waals surface area contributed by atoms with Crippen LogP contribution in [0.4, 0.5) is 0 Å². The molecule has 2 heteroatoms. The zero-order chi connectivity index (χ0) is 13.5. The zero-order valence-electron chi connectivity index (χ0n) is 11.1. The maximum absolute atomic E-state index is 10.2. The van der Waals surface area contributed by atoms with Crippen molar-refractivity contribution in [3.63, 3.8) is 0 Å². The zero-order valence-corrected chi connectivity index (χ0v) is 11.1. The summed E-state index contributed by atoms with van der Waals surface area (Å²) in [5.74, 6) is 1.23. The van der Waals surface area contributed by atoms with Crippen LogP contribution < -0.4 is 4.74 Å². The van der Waals surface area contributed by atoms with E-state index in [0.717, 1.165) is 18.5 Å². The van der Waals surface area contributed by atoms with Gasteiger partial charge in [0.15, 0.2) is 6.29 Å². The fourth-order valence-electron chi connectivity index (χ4n) is 2.10. The molecule has 0 saturated heterocycles. The van der Waals surface area contributed by atoms with Gasteiger partial charge in [-0.2, -0.15) is 0 Å². The summed E-state index contributed by atoms with van der Waals surface area (Å²) in [6.45, 7) is 2.34. The van der Waals surface area contributed by atoms with Crippen molar-refractivity contribution in [3.8, 4) is 5.75 Å². The van der Waals surface area contributed by atoms with E-state index in [1.165, 1.54) is 11.1 Å². The predicted octanol–water partition coefficient (Wildman–Crippen LogP) is 3.61. The Balaban J connectivity index is 1.97. The summed E-state index contributed by atoms with van der Waals surface area (Å²) in [6, 6.07) is 18.4. The third-order valence-corrected chi connectivity index (χ3v) is 3.15. The Labute approximate surface area is 114 Å². The topological polar surface area (TPSA) is 26.3 Å². The van der Waals surface area contributed by atoms with Crippen molar-refractivity contribution in [2.75, 3.05) is 6.61 Å². The second kappa shape index (κ2) is 6.74.